The molecule has 5 heterocycles. The molecule has 3 aliphatic heterocycles. The summed E-state index contributed by atoms with van der Waals surface area (Å²) in [6.45, 7) is 5.38. The Labute approximate surface area is 257 Å². The van der Waals surface area contributed by atoms with Crippen molar-refractivity contribution < 1.29 is 18.7 Å². The van der Waals surface area contributed by atoms with Crippen LogP contribution >= 0.6 is 0 Å². The minimum Gasteiger partial charge on any atom is -0.476 e. The number of para-hydroxylation sites is 3. The molecule has 10 heteroatoms. The molecule has 3 saturated heterocycles. The summed E-state index contributed by atoms with van der Waals surface area (Å²) in [6, 6.07) is 17.2. The average molecular weight is 597 g/mol. The highest BCUT2D eigenvalue weighted by Crippen LogP contribution is 2.29. The minimum absolute atomic E-state index is 0.0370. The van der Waals surface area contributed by atoms with Crippen LogP contribution in [-0.2, 0) is 4.79 Å². The van der Waals surface area contributed by atoms with E-state index in [0.717, 1.165) is 67.4 Å². The molecule has 230 valence electrons. The van der Waals surface area contributed by atoms with Crippen molar-refractivity contribution in [2.75, 3.05) is 50.8 Å². The van der Waals surface area contributed by atoms with E-state index in [9.17, 15) is 9.59 Å². The van der Waals surface area contributed by atoms with Crippen LogP contribution in [0.1, 0.15) is 55.3 Å². The zero-order valence-corrected chi connectivity index (χ0v) is 25.1. The maximum absolute atomic E-state index is 13.9. The molecule has 2 aromatic carbocycles. The van der Waals surface area contributed by atoms with Gasteiger partial charge in [0, 0.05) is 43.7 Å². The zero-order chi connectivity index (χ0) is 29.9. The molecule has 7 rings (SSSR count). The lowest BCUT2D eigenvalue weighted by Gasteiger charge is -2.34. The molecular formula is C34H40N6O4. The number of fused-ring (bicyclic) bond motifs is 2. The lowest BCUT2D eigenvalue weighted by atomic mass is 10.0. The molecule has 0 spiro atoms. The van der Waals surface area contributed by atoms with E-state index in [4.69, 9.17) is 14.1 Å². The number of nitrogens with one attached hydrogen (secondary N) is 1. The molecule has 0 aliphatic carbocycles. The first kappa shape index (κ1) is 28.6. The first-order chi connectivity index (χ1) is 21.6. The predicted molar refractivity (Wildman–Crippen MR) is 169 cm³/mol. The topological polar surface area (TPSA) is 104 Å². The van der Waals surface area contributed by atoms with Gasteiger partial charge in [-0.05, 0) is 69.8 Å². The van der Waals surface area contributed by atoms with Gasteiger partial charge >= 0.3 is 0 Å². The van der Waals surface area contributed by atoms with E-state index in [-0.39, 0.29) is 23.9 Å². The maximum Gasteiger partial charge on any atom is 0.299 e. The fourth-order valence-electron chi connectivity index (χ4n) is 6.81. The highest BCUT2D eigenvalue weighted by Gasteiger charge is 2.35. The Bertz CT molecular complexity index is 1600. The molecule has 1 N–H and O–H groups in total. The molecule has 0 unspecified atom stereocenters. The second-order valence-corrected chi connectivity index (χ2v) is 12.2. The van der Waals surface area contributed by atoms with Crippen molar-refractivity contribution in [3.8, 4) is 5.88 Å². The molecule has 2 aromatic heterocycles. The summed E-state index contributed by atoms with van der Waals surface area (Å²) >= 11 is 0. The highest BCUT2D eigenvalue weighted by atomic mass is 16.5. The van der Waals surface area contributed by atoms with E-state index >= 15 is 0 Å². The predicted octanol–water partition coefficient (Wildman–Crippen LogP) is 4.63. The van der Waals surface area contributed by atoms with Gasteiger partial charge in [0.15, 0.2) is 5.58 Å². The third-order valence-corrected chi connectivity index (χ3v) is 9.18. The van der Waals surface area contributed by atoms with Gasteiger partial charge in [-0.2, -0.15) is 4.98 Å². The molecule has 0 bridgehead atoms. The van der Waals surface area contributed by atoms with Crippen LogP contribution in [-0.4, -0.2) is 89.5 Å². The number of oxazole rings is 1. The molecule has 4 aromatic rings. The van der Waals surface area contributed by atoms with Crippen LogP contribution in [0.5, 0.6) is 5.88 Å². The standard InChI is InChI=1S/C34H40N6O4/c41-32(29-13-6-9-18-40(29)34-37-28-12-4-5-14-30(28)44-34)35-24-15-19-39(23-24)33(42)26-22-31(36-27-11-3-2-10-25(26)27)43-21-20-38-16-7-1-8-17-38/h2-5,10-12,14,22,24,29H,1,6-9,13,15-21,23H2,(H,35,41)/t24-,29-/m0/s1. The Morgan fingerprint density at radius 1 is 0.886 bits per heavy atom. The van der Waals surface area contributed by atoms with Crippen LogP contribution in [0.4, 0.5) is 6.01 Å². The van der Waals surface area contributed by atoms with E-state index in [2.05, 4.69) is 15.2 Å². The molecule has 2 amide bonds. The number of pyridine rings is 1. The highest BCUT2D eigenvalue weighted by molar-refractivity contribution is 6.06. The summed E-state index contributed by atoms with van der Waals surface area (Å²) in [7, 11) is 0. The smallest absolute Gasteiger partial charge is 0.299 e. The molecule has 0 saturated carbocycles. The van der Waals surface area contributed by atoms with Crippen molar-refractivity contribution in [3.05, 3.63) is 60.2 Å². The van der Waals surface area contributed by atoms with Gasteiger partial charge in [-0.3, -0.25) is 14.5 Å². The monoisotopic (exact) mass is 596 g/mol. The van der Waals surface area contributed by atoms with Crippen molar-refractivity contribution in [1.29, 1.82) is 0 Å². The molecule has 0 radical (unpaired) electrons. The zero-order valence-electron chi connectivity index (χ0n) is 25.1. The fraction of sp³-hybridized carbons (Fsp3) is 0.471. The minimum atomic E-state index is -0.352. The maximum atomic E-state index is 13.9. The molecule has 44 heavy (non-hydrogen) atoms. The number of carbonyl (C=O) groups excluding carboxylic acids is 2. The third kappa shape index (κ3) is 6.08. The molecular weight excluding hydrogens is 556 g/mol. The van der Waals surface area contributed by atoms with E-state index in [1.165, 1.54) is 19.3 Å². The first-order valence-corrected chi connectivity index (χ1v) is 16.1. The van der Waals surface area contributed by atoms with Crippen molar-refractivity contribution in [1.82, 2.24) is 25.1 Å². The van der Waals surface area contributed by atoms with Gasteiger partial charge in [0.2, 0.25) is 11.8 Å². The van der Waals surface area contributed by atoms with Crippen LogP contribution in [0.15, 0.2) is 59.0 Å². The molecule has 3 aliphatic rings. The van der Waals surface area contributed by atoms with Crippen molar-refractivity contribution in [3.63, 3.8) is 0 Å². The Hall–Kier alpha value is -4.18. The van der Waals surface area contributed by atoms with Gasteiger partial charge in [-0.25, -0.2) is 4.98 Å². The Morgan fingerprint density at radius 2 is 1.68 bits per heavy atom. The second kappa shape index (κ2) is 12.8. The summed E-state index contributed by atoms with van der Waals surface area (Å²) < 4.78 is 12.1. The normalized spacial score (nSPS) is 21.2. The fourth-order valence-corrected chi connectivity index (χ4v) is 6.81. The van der Waals surface area contributed by atoms with E-state index in [1.54, 1.807) is 6.07 Å². The summed E-state index contributed by atoms with van der Waals surface area (Å²) in [6.07, 6.45) is 7.18. The summed E-state index contributed by atoms with van der Waals surface area (Å²) in [4.78, 5) is 43.1. The SMILES string of the molecule is O=C(N[C@H]1CCN(C(=O)c2cc(OCCN3CCCCC3)nc3ccccc23)C1)[C@@H]1CCCCN1c1nc2ccccc2o1. The Kier molecular flexibility index (Phi) is 8.33. The van der Waals surface area contributed by atoms with Crippen LogP contribution in [0.3, 0.4) is 0 Å². The van der Waals surface area contributed by atoms with E-state index in [1.807, 2.05) is 58.3 Å². The van der Waals surface area contributed by atoms with Gasteiger partial charge in [-0.15, -0.1) is 0 Å². The van der Waals surface area contributed by atoms with Crippen LogP contribution in [0.2, 0.25) is 0 Å². The number of amides is 2. The Morgan fingerprint density at radius 3 is 2.55 bits per heavy atom. The second-order valence-electron chi connectivity index (χ2n) is 12.2. The van der Waals surface area contributed by atoms with Crippen LogP contribution in [0, 0.1) is 0 Å². The first-order valence-electron chi connectivity index (χ1n) is 16.1. The summed E-state index contributed by atoms with van der Waals surface area (Å²) in [5.74, 6) is 0.377. The number of carbonyl (C=O) groups is 2. The van der Waals surface area contributed by atoms with E-state index < -0.39 is 0 Å². The number of aromatic nitrogens is 2. The molecule has 10 nitrogen and oxygen atoms in total. The van der Waals surface area contributed by atoms with Gasteiger partial charge in [0.1, 0.15) is 18.2 Å². The number of anilines is 1. The number of hydrogen-bond donors (Lipinski definition) is 1. The lowest BCUT2D eigenvalue weighted by Crippen LogP contribution is -2.52. The lowest BCUT2D eigenvalue weighted by molar-refractivity contribution is -0.123. The quantitative estimate of drug-likeness (QED) is 0.314. The largest absolute Gasteiger partial charge is 0.476 e. The number of piperidine rings is 2. The van der Waals surface area contributed by atoms with Gasteiger partial charge < -0.3 is 24.3 Å². The van der Waals surface area contributed by atoms with Crippen LogP contribution < -0.4 is 15.0 Å². The summed E-state index contributed by atoms with van der Waals surface area (Å²) in [5, 5.41) is 4.05. The molecule has 2 atom stereocenters. The van der Waals surface area contributed by atoms with Crippen LogP contribution in [0.25, 0.3) is 22.0 Å². The third-order valence-electron chi connectivity index (χ3n) is 9.18. The van der Waals surface area contributed by atoms with Gasteiger partial charge in [-0.1, -0.05) is 36.8 Å². The average Bonchev–Trinajstić information content (AvgIpc) is 3.72. The molecule has 3 fully saturated rings. The summed E-state index contributed by atoms with van der Waals surface area (Å²) in [5.41, 5.74) is 2.84. The van der Waals surface area contributed by atoms with Crippen molar-refractivity contribution in [2.24, 2.45) is 0 Å². The van der Waals surface area contributed by atoms with Gasteiger partial charge in [0.25, 0.3) is 11.9 Å². The van der Waals surface area contributed by atoms with Crippen molar-refractivity contribution in [2.45, 2.75) is 57.0 Å². The number of benzene rings is 2. The van der Waals surface area contributed by atoms with Crippen molar-refractivity contribution >= 4 is 39.8 Å². The van der Waals surface area contributed by atoms with Gasteiger partial charge in [0.05, 0.1) is 11.1 Å². The number of ether oxygens (including phenoxy) is 1. The number of hydrogen-bond acceptors (Lipinski definition) is 8. The number of rotatable bonds is 8. The Balaban J connectivity index is 1.01. The number of likely N-dealkylation sites (tertiary alicyclic amines) is 2. The van der Waals surface area contributed by atoms with E-state index in [0.29, 0.717) is 43.6 Å². The number of nitrogens with zero attached hydrogens (tertiary/aromatic N) is 5.